The molecule has 2 heterocycles. The van der Waals surface area contributed by atoms with Crippen molar-refractivity contribution in [2.24, 2.45) is 0 Å². The second-order valence-electron chi connectivity index (χ2n) is 7.27. The maximum atomic E-state index is 14.3. The molecule has 0 fully saturated rings. The Morgan fingerprint density at radius 1 is 1.32 bits per heavy atom. The first kappa shape index (κ1) is 22.4. The number of halogens is 2. The zero-order chi connectivity index (χ0) is 22.6. The van der Waals surface area contributed by atoms with Gasteiger partial charge in [0, 0.05) is 18.1 Å². The fourth-order valence-electron chi connectivity index (χ4n) is 2.57. The molecule has 0 unspecified atom stereocenters. The van der Waals surface area contributed by atoms with Crippen molar-refractivity contribution >= 4 is 50.7 Å². The van der Waals surface area contributed by atoms with Crippen molar-refractivity contribution in [3.8, 4) is 0 Å². The van der Waals surface area contributed by atoms with Gasteiger partial charge in [-0.15, -0.1) is 0 Å². The van der Waals surface area contributed by atoms with Crippen LogP contribution >= 0.6 is 15.9 Å². The minimum Gasteiger partial charge on any atom is -0.389 e. The van der Waals surface area contributed by atoms with Gasteiger partial charge in [0.1, 0.15) is 11.6 Å². The van der Waals surface area contributed by atoms with E-state index in [-0.39, 0.29) is 11.6 Å². The number of nitrogens with one attached hydrogen (secondary N) is 3. The van der Waals surface area contributed by atoms with Gasteiger partial charge < -0.3 is 21.1 Å². The van der Waals surface area contributed by atoms with Gasteiger partial charge in [-0.2, -0.15) is 10.1 Å². The topological polar surface area (TPSA) is 117 Å². The average Bonchev–Trinajstić information content (AvgIpc) is 3.11. The van der Waals surface area contributed by atoms with Crippen LogP contribution < -0.4 is 16.0 Å². The van der Waals surface area contributed by atoms with Crippen LogP contribution in [0, 0.1) is 5.82 Å². The maximum Gasteiger partial charge on any atom is 0.247 e. The molecular weight excluding hydrogens is 469 g/mol. The lowest BCUT2D eigenvalue weighted by atomic mass is 10.1. The predicted octanol–water partition coefficient (Wildman–Crippen LogP) is 3.96. The van der Waals surface area contributed by atoms with E-state index in [0.717, 1.165) is 6.08 Å². The van der Waals surface area contributed by atoms with Crippen molar-refractivity contribution in [3.05, 3.63) is 59.7 Å². The predicted molar refractivity (Wildman–Crippen MR) is 120 cm³/mol. The van der Waals surface area contributed by atoms with E-state index in [1.807, 2.05) is 0 Å². The number of carbonyl (C=O) groups excluding carboxylic acids is 1. The van der Waals surface area contributed by atoms with E-state index < -0.39 is 17.3 Å². The van der Waals surface area contributed by atoms with Gasteiger partial charge in [-0.1, -0.05) is 6.58 Å². The van der Waals surface area contributed by atoms with Gasteiger partial charge in [-0.05, 0) is 54.1 Å². The Balaban J connectivity index is 1.78. The highest BCUT2D eigenvalue weighted by Crippen LogP contribution is 2.28. The molecule has 9 nitrogen and oxygen atoms in total. The largest absolute Gasteiger partial charge is 0.389 e. The summed E-state index contributed by atoms with van der Waals surface area (Å²) in [7, 11) is 0. The van der Waals surface area contributed by atoms with E-state index in [1.165, 1.54) is 24.4 Å². The second-order valence-corrected chi connectivity index (χ2v) is 8.12. The fourth-order valence-corrected chi connectivity index (χ4v) is 2.86. The van der Waals surface area contributed by atoms with Crippen LogP contribution in [0.15, 0.2) is 53.9 Å². The molecule has 0 saturated heterocycles. The molecule has 0 radical (unpaired) electrons. The number of hydrogen-bond acceptors (Lipinski definition) is 7. The number of benzene rings is 1. The third-order valence-corrected chi connectivity index (χ3v) is 4.44. The van der Waals surface area contributed by atoms with E-state index in [0.29, 0.717) is 28.2 Å². The summed E-state index contributed by atoms with van der Waals surface area (Å²) in [4.78, 5) is 20.0. The Labute approximate surface area is 186 Å². The molecule has 0 aliphatic heterocycles. The fraction of sp³-hybridized carbons (Fsp3) is 0.200. The van der Waals surface area contributed by atoms with Crippen molar-refractivity contribution in [1.82, 2.24) is 19.7 Å². The minimum absolute atomic E-state index is 0.116. The number of anilines is 5. The zero-order valence-electron chi connectivity index (χ0n) is 16.9. The van der Waals surface area contributed by atoms with Crippen molar-refractivity contribution in [2.45, 2.75) is 26.0 Å². The number of nitrogens with zero attached hydrogens (tertiary/aromatic N) is 4. The summed E-state index contributed by atoms with van der Waals surface area (Å²) in [6, 6.07) is 4.11. The molecule has 0 spiro atoms. The van der Waals surface area contributed by atoms with Crippen molar-refractivity contribution in [3.63, 3.8) is 0 Å². The Bertz CT molecular complexity index is 1110. The highest BCUT2D eigenvalue weighted by Gasteiger charge is 2.15. The van der Waals surface area contributed by atoms with Gasteiger partial charge in [0.2, 0.25) is 11.9 Å². The molecule has 3 aromatic rings. The van der Waals surface area contributed by atoms with Crippen LogP contribution in [0.1, 0.15) is 13.8 Å². The Hall–Kier alpha value is -3.31. The number of carbonyl (C=O) groups is 1. The summed E-state index contributed by atoms with van der Waals surface area (Å²) in [5.74, 6) is -0.362. The van der Waals surface area contributed by atoms with Gasteiger partial charge in [0.15, 0.2) is 0 Å². The van der Waals surface area contributed by atoms with E-state index in [2.05, 4.69) is 53.5 Å². The SMILES string of the molecule is C=CC(=O)Nc1ccc(F)c(Nc2nc(Nc3cnn(CC(C)(C)O)c3)ncc2Br)c1. The summed E-state index contributed by atoms with van der Waals surface area (Å²) in [5, 5.41) is 22.6. The quantitative estimate of drug-likeness (QED) is 0.353. The standard InChI is InChI=1S/C20H21BrFN7O2/c1-4-17(30)25-12-5-6-15(22)16(7-12)27-18-14(21)9-23-19(28-18)26-13-8-24-29(10-13)11-20(2,3)31/h4-10,31H,1,11H2,2-3H3,(H,25,30)(H2,23,26,27,28). The molecule has 4 N–H and O–H groups in total. The minimum atomic E-state index is -0.905. The Morgan fingerprint density at radius 2 is 2.10 bits per heavy atom. The molecule has 0 bridgehead atoms. The summed E-state index contributed by atoms with van der Waals surface area (Å²) >= 11 is 3.34. The third-order valence-electron chi connectivity index (χ3n) is 3.85. The molecule has 0 aliphatic rings. The van der Waals surface area contributed by atoms with Crippen LogP contribution in [0.4, 0.5) is 33.2 Å². The number of rotatable bonds is 8. The van der Waals surface area contributed by atoms with Gasteiger partial charge in [0.05, 0.1) is 34.2 Å². The van der Waals surface area contributed by atoms with E-state index in [9.17, 15) is 14.3 Å². The monoisotopic (exact) mass is 489 g/mol. The molecule has 3 rings (SSSR count). The summed E-state index contributed by atoms with van der Waals surface area (Å²) < 4.78 is 16.4. The van der Waals surface area contributed by atoms with Crippen LogP contribution in [0.3, 0.4) is 0 Å². The smallest absolute Gasteiger partial charge is 0.247 e. The van der Waals surface area contributed by atoms with E-state index in [1.54, 1.807) is 30.9 Å². The lowest BCUT2D eigenvalue weighted by Gasteiger charge is -2.16. The highest BCUT2D eigenvalue weighted by molar-refractivity contribution is 9.10. The lowest BCUT2D eigenvalue weighted by Crippen LogP contribution is -2.26. The average molecular weight is 490 g/mol. The molecule has 0 atom stereocenters. The normalized spacial score (nSPS) is 11.1. The molecule has 162 valence electrons. The van der Waals surface area contributed by atoms with Crippen molar-refractivity contribution in [2.75, 3.05) is 16.0 Å². The molecule has 2 aromatic heterocycles. The Morgan fingerprint density at radius 3 is 2.81 bits per heavy atom. The third kappa shape index (κ3) is 6.33. The number of hydrogen-bond donors (Lipinski definition) is 4. The molecule has 1 amide bonds. The summed E-state index contributed by atoms with van der Waals surface area (Å²) in [5.41, 5.74) is 0.234. The number of amides is 1. The molecule has 0 saturated carbocycles. The first-order chi connectivity index (χ1) is 14.6. The number of aromatic nitrogens is 4. The molecule has 1 aromatic carbocycles. The van der Waals surface area contributed by atoms with Crippen LogP contribution in [0.2, 0.25) is 0 Å². The first-order valence-corrected chi connectivity index (χ1v) is 9.96. The second kappa shape index (κ2) is 9.23. The van der Waals surface area contributed by atoms with Crippen molar-refractivity contribution < 1.29 is 14.3 Å². The molecular formula is C20H21BrFN7O2. The molecule has 0 aliphatic carbocycles. The van der Waals surface area contributed by atoms with Gasteiger partial charge >= 0.3 is 0 Å². The zero-order valence-corrected chi connectivity index (χ0v) is 18.4. The highest BCUT2D eigenvalue weighted by atomic mass is 79.9. The summed E-state index contributed by atoms with van der Waals surface area (Å²) in [6.07, 6.45) is 5.93. The van der Waals surface area contributed by atoms with Crippen LogP contribution in [-0.2, 0) is 11.3 Å². The van der Waals surface area contributed by atoms with Gasteiger partial charge in [-0.25, -0.2) is 9.37 Å². The lowest BCUT2D eigenvalue weighted by molar-refractivity contribution is -0.111. The molecule has 11 heteroatoms. The maximum absolute atomic E-state index is 14.3. The van der Waals surface area contributed by atoms with Gasteiger partial charge in [-0.3, -0.25) is 9.48 Å². The molecule has 31 heavy (non-hydrogen) atoms. The van der Waals surface area contributed by atoms with Crippen LogP contribution in [0.25, 0.3) is 0 Å². The number of aliphatic hydroxyl groups is 1. The van der Waals surface area contributed by atoms with E-state index in [4.69, 9.17) is 0 Å². The van der Waals surface area contributed by atoms with E-state index >= 15 is 0 Å². The van der Waals surface area contributed by atoms with Crippen LogP contribution in [-0.4, -0.2) is 36.4 Å². The first-order valence-electron chi connectivity index (χ1n) is 9.17. The van der Waals surface area contributed by atoms with Crippen molar-refractivity contribution in [1.29, 1.82) is 0 Å². The van der Waals surface area contributed by atoms with Gasteiger partial charge in [0.25, 0.3) is 0 Å². The summed E-state index contributed by atoms with van der Waals surface area (Å²) in [6.45, 7) is 7.09. The Kier molecular flexibility index (Phi) is 6.66. The van der Waals surface area contributed by atoms with Crippen LogP contribution in [0.5, 0.6) is 0 Å².